The van der Waals surface area contributed by atoms with Crippen LogP contribution in [-0.4, -0.2) is 27.6 Å². The van der Waals surface area contributed by atoms with Crippen LogP contribution in [-0.2, 0) is 4.79 Å². The number of para-hydroxylation sites is 1. The van der Waals surface area contributed by atoms with Crippen LogP contribution in [0.25, 0.3) is 21.8 Å². The minimum atomic E-state index is -0.726. The number of carbonyl (C=O) groups is 1. The fourth-order valence-corrected chi connectivity index (χ4v) is 3.03. The molecule has 0 aliphatic rings. The zero-order valence-corrected chi connectivity index (χ0v) is 15.4. The van der Waals surface area contributed by atoms with Crippen LogP contribution in [0.5, 0.6) is 5.75 Å². The van der Waals surface area contributed by atoms with Crippen molar-refractivity contribution in [2.45, 2.75) is 13.0 Å². The molecule has 1 amide bonds. The molecule has 1 N–H and O–H groups in total. The zero-order chi connectivity index (χ0) is 19.7. The Labute approximate surface area is 160 Å². The van der Waals surface area contributed by atoms with Gasteiger partial charge in [0.1, 0.15) is 11.8 Å². The summed E-state index contributed by atoms with van der Waals surface area (Å²) in [6.07, 6.45) is 2.98. The van der Waals surface area contributed by atoms with Crippen LogP contribution in [0.3, 0.4) is 0 Å². The molecule has 4 aromatic rings. The lowest BCUT2D eigenvalue weighted by atomic mass is 10.2. The molecule has 140 valence electrons. The van der Waals surface area contributed by atoms with Gasteiger partial charge in [-0.3, -0.25) is 19.1 Å². The molecular formula is C21H18N4O3. The first-order valence-corrected chi connectivity index (χ1v) is 8.77. The molecule has 0 bridgehead atoms. The van der Waals surface area contributed by atoms with Gasteiger partial charge in [0.25, 0.3) is 5.56 Å². The Kier molecular flexibility index (Phi) is 4.49. The first-order valence-electron chi connectivity index (χ1n) is 8.77. The predicted octanol–water partition coefficient (Wildman–Crippen LogP) is 3.15. The maximum atomic E-state index is 12.7. The van der Waals surface area contributed by atoms with E-state index in [-0.39, 0.29) is 11.5 Å². The van der Waals surface area contributed by atoms with Gasteiger partial charge in [-0.25, -0.2) is 4.98 Å². The second-order valence-electron chi connectivity index (χ2n) is 6.42. The molecular weight excluding hydrogens is 356 g/mol. The minimum Gasteiger partial charge on any atom is -0.497 e. The molecule has 7 nitrogen and oxygen atoms in total. The summed E-state index contributed by atoms with van der Waals surface area (Å²) >= 11 is 0. The highest BCUT2D eigenvalue weighted by atomic mass is 16.5. The third-order valence-electron chi connectivity index (χ3n) is 4.65. The van der Waals surface area contributed by atoms with Crippen molar-refractivity contribution in [3.8, 4) is 5.75 Å². The first kappa shape index (κ1) is 17.7. The van der Waals surface area contributed by atoms with E-state index < -0.39 is 6.04 Å². The molecule has 2 aromatic heterocycles. The Hall–Kier alpha value is -3.74. The lowest BCUT2D eigenvalue weighted by Gasteiger charge is -2.15. The van der Waals surface area contributed by atoms with Gasteiger partial charge >= 0.3 is 0 Å². The van der Waals surface area contributed by atoms with E-state index >= 15 is 0 Å². The van der Waals surface area contributed by atoms with E-state index in [1.54, 1.807) is 38.4 Å². The van der Waals surface area contributed by atoms with Crippen LogP contribution in [0.15, 0.2) is 65.8 Å². The van der Waals surface area contributed by atoms with E-state index in [1.165, 1.54) is 10.9 Å². The molecule has 1 atom stereocenters. The normalized spacial score (nSPS) is 12.1. The molecule has 28 heavy (non-hydrogen) atoms. The fraction of sp³-hybridized carbons (Fsp3) is 0.143. The van der Waals surface area contributed by atoms with Crippen molar-refractivity contribution >= 4 is 33.4 Å². The van der Waals surface area contributed by atoms with Crippen LogP contribution < -0.4 is 15.6 Å². The molecule has 2 heterocycles. The SMILES string of the molecule is COc1ccc2cc(NC(=O)C(C)n3cnc4ccccc4c3=O)cnc2c1. The van der Waals surface area contributed by atoms with Gasteiger partial charge in [-0.15, -0.1) is 0 Å². The number of methoxy groups -OCH3 is 1. The van der Waals surface area contributed by atoms with E-state index in [2.05, 4.69) is 15.3 Å². The quantitative estimate of drug-likeness (QED) is 0.593. The molecule has 0 aliphatic heterocycles. The summed E-state index contributed by atoms with van der Waals surface area (Å²) in [5.41, 5.74) is 1.67. The molecule has 0 saturated heterocycles. The second-order valence-corrected chi connectivity index (χ2v) is 6.42. The zero-order valence-electron chi connectivity index (χ0n) is 15.4. The number of hydrogen-bond acceptors (Lipinski definition) is 5. The first-order chi connectivity index (χ1) is 13.6. The Bertz CT molecular complexity index is 1250. The minimum absolute atomic E-state index is 0.253. The van der Waals surface area contributed by atoms with Crippen molar-refractivity contribution < 1.29 is 9.53 Å². The van der Waals surface area contributed by atoms with Gasteiger partial charge in [0, 0.05) is 11.5 Å². The molecule has 0 saturated carbocycles. The van der Waals surface area contributed by atoms with Crippen LogP contribution in [0.2, 0.25) is 0 Å². The lowest BCUT2D eigenvalue weighted by molar-refractivity contribution is -0.118. The van der Waals surface area contributed by atoms with Gasteiger partial charge < -0.3 is 10.1 Å². The molecule has 0 radical (unpaired) electrons. The highest BCUT2D eigenvalue weighted by Crippen LogP contribution is 2.22. The van der Waals surface area contributed by atoms with Crippen molar-refractivity contribution in [2.24, 2.45) is 0 Å². The molecule has 0 aliphatic carbocycles. The van der Waals surface area contributed by atoms with Crippen LogP contribution >= 0.6 is 0 Å². The number of ether oxygens (including phenoxy) is 1. The second kappa shape index (κ2) is 7.11. The van der Waals surface area contributed by atoms with Crippen LogP contribution in [0.1, 0.15) is 13.0 Å². The number of nitrogens with zero attached hydrogens (tertiary/aromatic N) is 3. The third-order valence-corrected chi connectivity index (χ3v) is 4.65. The van der Waals surface area contributed by atoms with E-state index in [4.69, 9.17) is 4.74 Å². The summed E-state index contributed by atoms with van der Waals surface area (Å²) in [5, 5.41) is 4.16. The van der Waals surface area contributed by atoms with Crippen molar-refractivity contribution in [3.05, 3.63) is 71.4 Å². The van der Waals surface area contributed by atoms with Crippen molar-refractivity contribution in [1.29, 1.82) is 0 Å². The fourth-order valence-electron chi connectivity index (χ4n) is 3.03. The number of hydrogen-bond donors (Lipinski definition) is 1. The number of fused-ring (bicyclic) bond motifs is 2. The highest BCUT2D eigenvalue weighted by molar-refractivity contribution is 5.95. The molecule has 7 heteroatoms. The Morgan fingerprint density at radius 1 is 1.11 bits per heavy atom. The van der Waals surface area contributed by atoms with E-state index in [0.29, 0.717) is 22.3 Å². The average molecular weight is 374 g/mol. The number of amides is 1. The summed E-state index contributed by atoms with van der Waals surface area (Å²) < 4.78 is 6.52. The van der Waals surface area contributed by atoms with Crippen LogP contribution in [0.4, 0.5) is 5.69 Å². The van der Waals surface area contributed by atoms with Gasteiger partial charge in [-0.05, 0) is 37.3 Å². The largest absolute Gasteiger partial charge is 0.497 e. The van der Waals surface area contributed by atoms with Gasteiger partial charge in [-0.1, -0.05) is 12.1 Å². The topological polar surface area (TPSA) is 86.1 Å². The van der Waals surface area contributed by atoms with Crippen molar-refractivity contribution in [1.82, 2.24) is 14.5 Å². The van der Waals surface area contributed by atoms with Crippen LogP contribution in [0, 0.1) is 0 Å². The monoisotopic (exact) mass is 374 g/mol. The lowest BCUT2D eigenvalue weighted by Crippen LogP contribution is -2.31. The van der Waals surface area contributed by atoms with E-state index in [9.17, 15) is 9.59 Å². The van der Waals surface area contributed by atoms with Gasteiger partial charge in [0.15, 0.2) is 0 Å². The van der Waals surface area contributed by atoms with Crippen molar-refractivity contribution in [3.63, 3.8) is 0 Å². The average Bonchev–Trinajstić information content (AvgIpc) is 2.73. The van der Waals surface area contributed by atoms with E-state index in [1.807, 2.05) is 30.3 Å². The molecule has 1 unspecified atom stereocenters. The third kappa shape index (κ3) is 3.18. The number of aromatic nitrogens is 3. The maximum absolute atomic E-state index is 12.7. The number of pyridine rings is 1. The van der Waals surface area contributed by atoms with E-state index in [0.717, 1.165) is 10.9 Å². The number of anilines is 1. The summed E-state index contributed by atoms with van der Waals surface area (Å²) in [7, 11) is 1.60. The van der Waals surface area contributed by atoms with Gasteiger partial charge in [0.2, 0.25) is 5.91 Å². The molecule has 0 spiro atoms. The Morgan fingerprint density at radius 3 is 2.75 bits per heavy atom. The predicted molar refractivity (Wildman–Crippen MR) is 108 cm³/mol. The summed E-state index contributed by atoms with van der Waals surface area (Å²) in [6.45, 7) is 1.66. The summed E-state index contributed by atoms with van der Waals surface area (Å²) in [4.78, 5) is 34.0. The molecule has 2 aromatic carbocycles. The standard InChI is InChI=1S/C21H18N4O3/c1-13(25-12-23-18-6-4-3-5-17(18)21(25)27)20(26)24-15-9-14-7-8-16(28-2)10-19(14)22-11-15/h3-13H,1-2H3,(H,24,26). The highest BCUT2D eigenvalue weighted by Gasteiger charge is 2.18. The van der Waals surface area contributed by atoms with Gasteiger partial charge in [-0.2, -0.15) is 0 Å². The maximum Gasteiger partial charge on any atom is 0.261 e. The smallest absolute Gasteiger partial charge is 0.261 e. The number of benzene rings is 2. The van der Waals surface area contributed by atoms with Crippen molar-refractivity contribution in [2.75, 3.05) is 12.4 Å². The number of carbonyl (C=O) groups excluding carboxylic acids is 1. The Balaban J connectivity index is 1.60. The molecule has 4 rings (SSSR count). The molecule has 0 fully saturated rings. The summed E-state index contributed by atoms with van der Waals surface area (Å²) in [6, 6.07) is 13.7. The van der Waals surface area contributed by atoms with Gasteiger partial charge in [0.05, 0.1) is 41.7 Å². The Morgan fingerprint density at radius 2 is 1.93 bits per heavy atom. The number of rotatable bonds is 4. The summed E-state index contributed by atoms with van der Waals surface area (Å²) in [5.74, 6) is 0.391. The number of nitrogens with one attached hydrogen (secondary N) is 1.